The van der Waals surface area contributed by atoms with Crippen molar-refractivity contribution in [2.45, 2.75) is 20.3 Å². The molecule has 0 unspecified atom stereocenters. The zero-order valence-electron chi connectivity index (χ0n) is 13.3. The molecule has 0 atom stereocenters. The first kappa shape index (κ1) is 18.3. The standard InChI is InChI=1S/C15H17BrN4O3S/c1-3-5-23-14-11(16)6-10(7-12(14)22-4-2)8-18-20-13(21)9-17-19-15(20)24/h6-9H,3-5H2,1-2H3,(H,19,24)/b18-8-. The number of hydrogen-bond donors (Lipinski definition) is 1. The monoisotopic (exact) mass is 412 g/mol. The van der Waals surface area contributed by atoms with E-state index in [0.29, 0.717) is 24.7 Å². The van der Waals surface area contributed by atoms with Crippen molar-refractivity contribution in [3.05, 3.63) is 43.5 Å². The Bertz CT molecular complexity index is 819. The highest BCUT2D eigenvalue weighted by molar-refractivity contribution is 9.10. The summed E-state index contributed by atoms with van der Waals surface area (Å²) in [5.74, 6) is 1.25. The van der Waals surface area contributed by atoms with Crippen molar-refractivity contribution in [1.82, 2.24) is 14.9 Å². The minimum atomic E-state index is -0.415. The number of nitrogens with zero attached hydrogens (tertiary/aromatic N) is 3. The number of ether oxygens (including phenoxy) is 2. The summed E-state index contributed by atoms with van der Waals surface area (Å²) in [6.07, 6.45) is 3.52. The van der Waals surface area contributed by atoms with Crippen molar-refractivity contribution in [1.29, 1.82) is 0 Å². The highest BCUT2D eigenvalue weighted by atomic mass is 79.9. The van der Waals surface area contributed by atoms with Gasteiger partial charge in [-0.1, -0.05) is 6.92 Å². The van der Waals surface area contributed by atoms with Gasteiger partial charge in [0.1, 0.15) is 6.20 Å². The van der Waals surface area contributed by atoms with Gasteiger partial charge in [0.05, 0.1) is 23.9 Å². The van der Waals surface area contributed by atoms with E-state index in [1.807, 2.05) is 19.9 Å². The van der Waals surface area contributed by atoms with Crippen LogP contribution in [0.25, 0.3) is 0 Å². The van der Waals surface area contributed by atoms with Gasteiger partial charge in [-0.25, -0.2) is 0 Å². The fourth-order valence-corrected chi connectivity index (χ4v) is 2.61. The number of rotatable bonds is 7. The molecule has 1 aromatic carbocycles. The second-order valence-electron chi connectivity index (χ2n) is 4.68. The minimum Gasteiger partial charge on any atom is -0.490 e. The van der Waals surface area contributed by atoms with Crippen LogP contribution in [0.15, 0.2) is 32.7 Å². The first-order chi connectivity index (χ1) is 11.6. The second-order valence-corrected chi connectivity index (χ2v) is 5.92. The van der Waals surface area contributed by atoms with E-state index in [-0.39, 0.29) is 4.77 Å². The molecule has 0 saturated heterocycles. The van der Waals surface area contributed by atoms with E-state index in [9.17, 15) is 4.79 Å². The summed E-state index contributed by atoms with van der Waals surface area (Å²) in [7, 11) is 0. The normalized spacial score (nSPS) is 11.0. The predicted octanol–water partition coefficient (Wildman–Crippen LogP) is 3.13. The molecule has 2 aromatic rings. The molecule has 24 heavy (non-hydrogen) atoms. The zero-order chi connectivity index (χ0) is 17.5. The third-order valence-corrected chi connectivity index (χ3v) is 3.69. The average molecular weight is 413 g/mol. The van der Waals surface area contributed by atoms with Gasteiger partial charge in [0.25, 0.3) is 5.56 Å². The molecule has 7 nitrogen and oxygen atoms in total. The van der Waals surface area contributed by atoms with E-state index in [2.05, 4.69) is 31.2 Å². The predicted molar refractivity (Wildman–Crippen MR) is 97.8 cm³/mol. The van der Waals surface area contributed by atoms with Gasteiger partial charge in [0.15, 0.2) is 11.5 Å². The molecule has 1 N–H and O–H groups in total. The molecule has 1 heterocycles. The number of aromatic nitrogens is 3. The molecule has 2 rings (SSSR count). The fourth-order valence-electron chi connectivity index (χ4n) is 1.85. The molecular formula is C15H17BrN4O3S. The Morgan fingerprint density at radius 3 is 2.88 bits per heavy atom. The largest absolute Gasteiger partial charge is 0.490 e. The lowest BCUT2D eigenvalue weighted by molar-refractivity contribution is 0.275. The molecule has 0 spiro atoms. The topological polar surface area (TPSA) is 81.5 Å². The van der Waals surface area contributed by atoms with E-state index in [4.69, 9.17) is 21.7 Å². The molecule has 0 fully saturated rings. The van der Waals surface area contributed by atoms with Crippen LogP contribution in [-0.2, 0) is 0 Å². The van der Waals surface area contributed by atoms with Gasteiger partial charge >= 0.3 is 0 Å². The minimum absolute atomic E-state index is 0.116. The number of halogens is 1. The summed E-state index contributed by atoms with van der Waals surface area (Å²) < 4.78 is 13.3. The smallest absolute Gasteiger partial charge is 0.293 e. The van der Waals surface area contributed by atoms with Crippen molar-refractivity contribution in [3.63, 3.8) is 0 Å². The van der Waals surface area contributed by atoms with Gasteiger partial charge in [-0.3, -0.25) is 9.89 Å². The van der Waals surface area contributed by atoms with Gasteiger partial charge in [-0.15, -0.1) is 0 Å². The molecule has 128 valence electrons. The Labute approximate surface area is 152 Å². The van der Waals surface area contributed by atoms with Crippen molar-refractivity contribution >= 4 is 34.4 Å². The number of aromatic amines is 1. The summed E-state index contributed by atoms with van der Waals surface area (Å²) in [4.78, 5) is 11.7. The Kier molecular flexibility index (Phi) is 6.68. The molecule has 0 radical (unpaired) electrons. The molecule has 0 saturated carbocycles. The van der Waals surface area contributed by atoms with Crippen LogP contribution in [0.1, 0.15) is 25.8 Å². The summed E-state index contributed by atoms with van der Waals surface area (Å²) in [6, 6.07) is 3.62. The van der Waals surface area contributed by atoms with Gasteiger partial charge < -0.3 is 9.47 Å². The lowest BCUT2D eigenvalue weighted by atomic mass is 10.2. The van der Waals surface area contributed by atoms with Gasteiger partial charge in [0.2, 0.25) is 4.77 Å². The molecular weight excluding hydrogens is 396 g/mol. The SMILES string of the molecule is CCCOc1c(Br)cc(/C=N\n2c(=O)cn[nH]c2=S)cc1OCC. The molecule has 0 aliphatic carbocycles. The number of hydrogen-bond acceptors (Lipinski definition) is 6. The van der Waals surface area contributed by atoms with E-state index in [0.717, 1.165) is 27.3 Å². The Morgan fingerprint density at radius 2 is 2.21 bits per heavy atom. The Balaban J connectivity index is 2.39. The van der Waals surface area contributed by atoms with Crippen LogP contribution in [0.5, 0.6) is 11.5 Å². The van der Waals surface area contributed by atoms with E-state index in [1.54, 1.807) is 6.07 Å². The summed E-state index contributed by atoms with van der Waals surface area (Å²) in [6.45, 7) is 5.03. The maximum atomic E-state index is 11.7. The van der Waals surface area contributed by atoms with E-state index < -0.39 is 5.56 Å². The van der Waals surface area contributed by atoms with Gasteiger partial charge in [-0.2, -0.15) is 14.9 Å². The quantitative estimate of drug-likeness (QED) is 0.557. The van der Waals surface area contributed by atoms with E-state index in [1.165, 1.54) is 6.21 Å². The second kappa shape index (κ2) is 8.74. The Morgan fingerprint density at radius 1 is 1.42 bits per heavy atom. The highest BCUT2D eigenvalue weighted by Gasteiger charge is 2.11. The van der Waals surface area contributed by atoms with Crippen LogP contribution in [0.2, 0.25) is 0 Å². The third kappa shape index (κ3) is 4.51. The molecule has 1 aromatic heterocycles. The van der Waals surface area contributed by atoms with Crippen LogP contribution >= 0.6 is 28.1 Å². The first-order valence-electron chi connectivity index (χ1n) is 7.37. The highest BCUT2D eigenvalue weighted by Crippen LogP contribution is 2.36. The molecule has 0 bridgehead atoms. The van der Waals surface area contributed by atoms with Gasteiger partial charge in [0, 0.05) is 0 Å². The number of H-pyrrole nitrogens is 1. The maximum Gasteiger partial charge on any atom is 0.293 e. The van der Waals surface area contributed by atoms with E-state index >= 15 is 0 Å². The van der Waals surface area contributed by atoms with Crippen LogP contribution in [-0.4, -0.2) is 34.3 Å². The van der Waals surface area contributed by atoms with Crippen molar-refractivity contribution in [2.24, 2.45) is 5.10 Å². The van der Waals surface area contributed by atoms with Crippen LogP contribution in [0.3, 0.4) is 0 Å². The number of benzene rings is 1. The molecule has 0 amide bonds. The lowest BCUT2D eigenvalue weighted by Gasteiger charge is -2.14. The first-order valence-corrected chi connectivity index (χ1v) is 8.57. The van der Waals surface area contributed by atoms with Crippen LogP contribution < -0.4 is 15.0 Å². The van der Waals surface area contributed by atoms with Crippen LogP contribution in [0, 0.1) is 4.77 Å². The van der Waals surface area contributed by atoms with Crippen LogP contribution in [0.4, 0.5) is 0 Å². The molecule has 9 heteroatoms. The maximum absolute atomic E-state index is 11.7. The number of nitrogens with one attached hydrogen (secondary N) is 1. The summed E-state index contributed by atoms with van der Waals surface area (Å²) in [5, 5.41) is 10.2. The molecule has 0 aliphatic heterocycles. The summed E-state index contributed by atoms with van der Waals surface area (Å²) in [5.41, 5.74) is 0.314. The third-order valence-electron chi connectivity index (χ3n) is 2.84. The Hall–Kier alpha value is -2.00. The van der Waals surface area contributed by atoms with Crippen molar-refractivity contribution in [3.8, 4) is 11.5 Å². The van der Waals surface area contributed by atoms with Crippen molar-refractivity contribution in [2.75, 3.05) is 13.2 Å². The lowest BCUT2D eigenvalue weighted by Crippen LogP contribution is -2.18. The van der Waals surface area contributed by atoms with Gasteiger partial charge in [-0.05, 0) is 59.2 Å². The van der Waals surface area contributed by atoms with Crippen molar-refractivity contribution < 1.29 is 9.47 Å². The summed E-state index contributed by atoms with van der Waals surface area (Å²) >= 11 is 8.48. The zero-order valence-corrected chi connectivity index (χ0v) is 15.7. The molecule has 0 aliphatic rings. The average Bonchev–Trinajstić information content (AvgIpc) is 2.54. The fraction of sp³-hybridized carbons (Fsp3) is 0.333.